The molecule has 0 aliphatic carbocycles. The van der Waals surface area contributed by atoms with E-state index in [-0.39, 0.29) is 54.4 Å². The summed E-state index contributed by atoms with van der Waals surface area (Å²) < 4.78 is 32.6. The second kappa shape index (κ2) is 10.8. The molecule has 3 N–H and O–H groups in total. The van der Waals surface area contributed by atoms with Crippen LogP contribution < -0.4 is 25.8 Å². The number of pyridine rings is 2. The Hall–Kier alpha value is -5.05. The number of rotatable bonds is 5. The van der Waals surface area contributed by atoms with Gasteiger partial charge < -0.3 is 34.5 Å². The molecule has 3 aliphatic heterocycles. The molecule has 0 fully saturated rings. The molecule has 2 aromatic heterocycles. The monoisotopic (exact) mass is 637 g/mol. The standard InChI is InChI=1S/C31H32FN5O9/c1-6-31(43)17-7-20-24-15(11-36(20)27(40)16(17)12-44-28(31)41)14(2)23-19(35-24)8-18(32)26-25(23)37(13-45-26)22(39)10-33-21(38)9-34-29(42)46-30(3,4)5/h7-8,43H,6,9-13H2,1-5H3,(H,33,38)(H,34,42)/t31-/m0/s1. The van der Waals surface area contributed by atoms with Gasteiger partial charge in [-0.05, 0) is 45.7 Å². The van der Waals surface area contributed by atoms with Gasteiger partial charge in [-0.2, -0.15) is 0 Å². The van der Waals surface area contributed by atoms with Gasteiger partial charge in [0.1, 0.15) is 24.4 Å². The van der Waals surface area contributed by atoms with Crippen molar-refractivity contribution in [2.75, 3.05) is 24.7 Å². The van der Waals surface area contributed by atoms with Crippen molar-refractivity contribution >= 4 is 40.5 Å². The summed E-state index contributed by atoms with van der Waals surface area (Å²) in [5.41, 5.74) is -0.559. The summed E-state index contributed by atoms with van der Waals surface area (Å²) in [5, 5.41) is 16.3. The topological polar surface area (TPSA) is 178 Å². The van der Waals surface area contributed by atoms with Crippen LogP contribution in [0.1, 0.15) is 56.4 Å². The maximum atomic E-state index is 15.4. The van der Waals surface area contributed by atoms with Gasteiger partial charge in [-0.3, -0.25) is 19.3 Å². The van der Waals surface area contributed by atoms with Crippen molar-refractivity contribution in [3.05, 3.63) is 50.6 Å². The number of esters is 1. The number of carbonyl (C=O) groups is 4. The van der Waals surface area contributed by atoms with Crippen molar-refractivity contribution in [2.45, 2.75) is 65.4 Å². The average molecular weight is 638 g/mol. The van der Waals surface area contributed by atoms with Crippen LogP contribution in [0.4, 0.5) is 14.9 Å². The highest BCUT2D eigenvalue weighted by Crippen LogP contribution is 2.47. The van der Waals surface area contributed by atoms with E-state index in [1.807, 2.05) is 0 Å². The first-order valence-electron chi connectivity index (χ1n) is 14.6. The maximum Gasteiger partial charge on any atom is 0.408 e. The summed E-state index contributed by atoms with van der Waals surface area (Å²) >= 11 is 0. The van der Waals surface area contributed by atoms with E-state index in [4.69, 9.17) is 19.2 Å². The second-order valence-corrected chi connectivity index (χ2v) is 12.3. The third-order valence-corrected chi connectivity index (χ3v) is 8.27. The number of ether oxygens (including phenoxy) is 3. The molecule has 0 bridgehead atoms. The number of aromatic nitrogens is 2. The lowest BCUT2D eigenvalue weighted by Crippen LogP contribution is -2.44. The van der Waals surface area contributed by atoms with E-state index in [1.165, 1.54) is 15.5 Å². The van der Waals surface area contributed by atoms with Crippen LogP contribution in [-0.2, 0) is 42.6 Å². The van der Waals surface area contributed by atoms with Crippen molar-refractivity contribution < 1.29 is 42.9 Å². The highest BCUT2D eigenvalue weighted by molar-refractivity contribution is 6.09. The number of benzene rings is 1. The predicted molar refractivity (Wildman–Crippen MR) is 159 cm³/mol. The zero-order chi connectivity index (χ0) is 33.3. The molecule has 0 radical (unpaired) electrons. The number of fused-ring (bicyclic) bond motifs is 7. The van der Waals surface area contributed by atoms with Gasteiger partial charge in [-0.25, -0.2) is 19.0 Å². The number of amides is 3. The van der Waals surface area contributed by atoms with E-state index in [0.29, 0.717) is 27.9 Å². The van der Waals surface area contributed by atoms with Gasteiger partial charge in [-0.1, -0.05) is 6.92 Å². The fraction of sp³-hybridized carbons (Fsp3) is 0.419. The predicted octanol–water partition coefficient (Wildman–Crippen LogP) is 1.85. The number of hydrogen-bond acceptors (Lipinski definition) is 10. The zero-order valence-corrected chi connectivity index (χ0v) is 25.8. The summed E-state index contributed by atoms with van der Waals surface area (Å²) in [6.07, 6.45) is -0.804. The zero-order valence-electron chi connectivity index (χ0n) is 25.8. The van der Waals surface area contributed by atoms with Crippen molar-refractivity contribution in [3.63, 3.8) is 0 Å². The molecule has 14 nitrogen and oxygen atoms in total. The summed E-state index contributed by atoms with van der Waals surface area (Å²) in [4.78, 5) is 69.4. The molecule has 3 amide bonds. The van der Waals surface area contributed by atoms with Crippen LogP contribution in [0.15, 0.2) is 16.9 Å². The van der Waals surface area contributed by atoms with Crippen LogP contribution in [-0.4, -0.2) is 64.0 Å². The number of cyclic esters (lactones) is 1. The summed E-state index contributed by atoms with van der Waals surface area (Å²) in [6.45, 7) is 7.01. The molecule has 3 aliphatic rings. The number of anilines is 1. The Morgan fingerprint density at radius 1 is 1.13 bits per heavy atom. The molecule has 6 rings (SSSR count). The van der Waals surface area contributed by atoms with Crippen LogP contribution in [0.3, 0.4) is 0 Å². The number of carbonyl (C=O) groups excluding carboxylic acids is 4. The Labute approximate surface area is 261 Å². The van der Waals surface area contributed by atoms with Gasteiger partial charge in [0.25, 0.3) is 5.56 Å². The molecule has 3 aromatic rings. The normalized spacial score (nSPS) is 17.8. The molecule has 0 spiro atoms. The minimum Gasteiger partial charge on any atom is -0.467 e. The molecule has 0 unspecified atom stereocenters. The summed E-state index contributed by atoms with van der Waals surface area (Å²) in [5.74, 6) is -3.01. The molecule has 1 atom stereocenters. The Morgan fingerprint density at radius 3 is 2.57 bits per heavy atom. The Bertz CT molecular complexity index is 1930. The van der Waals surface area contributed by atoms with Crippen molar-refractivity contribution in [1.29, 1.82) is 0 Å². The SMILES string of the molecule is CC[C@@]1(O)C(=O)OCc2c1cc1n(c2=O)Cc2c-1nc1cc(F)c3c(c1c2C)N(C(=O)CNC(=O)CNC(=O)OC(C)(C)C)CO3. The van der Waals surface area contributed by atoms with Crippen molar-refractivity contribution in [1.82, 2.24) is 20.2 Å². The van der Waals surface area contributed by atoms with Crippen molar-refractivity contribution in [3.8, 4) is 17.1 Å². The smallest absolute Gasteiger partial charge is 0.408 e. The Morgan fingerprint density at radius 2 is 1.87 bits per heavy atom. The number of nitrogens with zero attached hydrogens (tertiary/aromatic N) is 3. The molecule has 46 heavy (non-hydrogen) atoms. The van der Waals surface area contributed by atoms with Gasteiger partial charge in [0.2, 0.25) is 11.8 Å². The molecule has 242 valence electrons. The first kappa shape index (κ1) is 31.0. The van der Waals surface area contributed by atoms with Gasteiger partial charge in [0, 0.05) is 22.6 Å². The number of aliphatic hydroxyl groups is 1. The van der Waals surface area contributed by atoms with Gasteiger partial charge >= 0.3 is 12.1 Å². The van der Waals surface area contributed by atoms with E-state index < -0.39 is 59.5 Å². The highest BCUT2D eigenvalue weighted by atomic mass is 19.1. The fourth-order valence-corrected chi connectivity index (χ4v) is 5.98. The quantitative estimate of drug-likeness (QED) is 0.274. The van der Waals surface area contributed by atoms with E-state index in [1.54, 1.807) is 40.7 Å². The second-order valence-electron chi connectivity index (χ2n) is 12.3. The lowest BCUT2D eigenvalue weighted by molar-refractivity contribution is -0.172. The molecule has 1 aromatic carbocycles. The van der Waals surface area contributed by atoms with Crippen LogP contribution >= 0.6 is 0 Å². The molecule has 5 heterocycles. The average Bonchev–Trinajstić information content (AvgIpc) is 3.59. The lowest BCUT2D eigenvalue weighted by atomic mass is 9.86. The molecule has 0 saturated heterocycles. The molecular weight excluding hydrogens is 605 g/mol. The maximum absolute atomic E-state index is 15.4. The fourth-order valence-electron chi connectivity index (χ4n) is 5.98. The number of hydrogen-bond donors (Lipinski definition) is 3. The Balaban J connectivity index is 1.32. The van der Waals surface area contributed by atoms with E-state index in [2.05, 4.69) is 10.6 Å². The number of aryl methyl sites for hydroxylation is 1. The number of halogens is 1. The number of alkyl carbamates (subject to hydrolysis) is 1. The van der Waals surface area contributed by atoms with Gasteiger partial charge in [-0.15, -0.1) is 0 Å². The van der Waals surface area contributed by atoms with E-state index >= 15 is 4.39 Å². The van der Waals surface area contributed by atoms with Crippen molar-refractivity contribution in [2.24, 2.45) is 0 Å². The first-order valence-corrected chi connectivity index (χ1v) is 14.6. The van der Waals surface area contributed by atoms with Gasteiger partial charge in [0.15, 0.2) is 23.9 Å². The Kier molecular flexibility index (Phi) is 7.26. The van der Waals surface area contributed by atoms with Crippen LogP contribution in [0.25, 0.3) is 22.3 Å². The van der Waals surface area contributed by atoms with E-state index in [0.717, 1.165) is 0 Å². The summed E-state index contributed by atoms with van der Waals surface area (Å²) in [7, 11) is 0. The van der Waals surface area contributed by atoms with Gasteiger partial charge in [0.05, 0.1) is 35.6 Å². The van der Waals surface area contributed by atoms with Crippen LogP contribution in [0, 0.1) is 12.7 Å². The molecule has 0 saturated carbocycles. The summed E-state index contributed by atoms with van der Waals surface area (Å²) in [6, 6.07) is 2.74. The third-order valence-electron chi connectivity index (χ3n) is 8.27. The largest absolute Gasteiger partial charge is 0.467 e. The molecule has 15 heteroatoms. The minimum absolute atomic E-state index is 0.0132. The number of nitrogens with one attached hydrogen (secondary N) is 2. The van der Waals surface area contributed by atoms with E-state index in [9.17, 15) is 29.1 Å². The molecular formula is C31H32FN5O9. The minimum atomic E-state index is -2.00. The highest BCUT2D eigenvalue weighted by Gasteiger charge is 2.45. The third kappa shape index (κ3) is 4.90. The first-order chi connectivity index (χ1) is 21.6. The van der Waals surface area contributed by atoms with Crippen LogP contribution in [0.2, 0.25) is 0 Å². The lowest BCUT2D eigenvalue weighted by Gasteiger charge is -2.31. The van der Waals surface area contributed by atoms with Crippen LogP contribution in [0.5, 0.6) is 5.75 Å².